The fourth-order valence-corrected chi connectivity index (χ4v) is 4.21. The number of sulfonamides is 1. The molecular formula is C22H26FN3O6S. The Balaban J connectivity index is 1.92. The number of ether oxygens (including phenoxy) is 2. The van der Waals surface area contributed by atoms with Crippen LogP contribution in [0.4, 0.5) is 10.1 Å². The maximum atomic E-state index is 14.3. The third-order valence-corrected chi connectivity index (χ3v) is 6.28. The molecule has 1 aliphatic rings. The molecule has 0 bridgehead atoms. The van der Waals surface area contributed by atoms with E-state index < -0.39 is 40.2 Å². The zero-order valence-corrected chi connectivity index (χ0v) is 19.4. The Morgan fingerprint density at radius 2 is 1.85 bits per heavy atom. The van der Waals surface area contributed by atoms with Gasteiger partial charge in [-0.05, 0) is 32.0 Å². The van der Waals surface area contributed by atoms with Gasteiger partial charge in [-0.3, -0.25) is 13.9 Å². The van der Waals surface area contributed by atoms with E-state index in [0.29, 0.717) is 18.0 Å². The molecule has 3 rings (SSSR count). The minimum Gasteiger partial charge on any atom is -0.454 e. The lowest BCUT2D eigenvalue weighted by molar-refractivity contribution is -0.139. The molecule has 33 heavy (non-hydrogen) atoms. The van der Waals surface area contributed by atoms with E-state index in [1.165, 1.54) is 37.3 Å². The van der Waals surface area contributed by atoms with E-state index in [9.17, 15) is 22.4 Å². The van der Waals surface area contributed by atoms with Gasteiger partial charge < -0.3 is 19.7 Å². The Labute approximate surface area is 192 Å². The molecule has 1 atom stereocenters. The number of benzene rings is 2. The molecule has 178 valence electrons. The van der Waals surface area contributed by atoms with Gasteiger partial charge in [0.25, 0.3) is 0 Å². The summed E-state index contributed by atoms with van der Waals surface area (Å²) in [6.07, 6.45) is 0.972. The van der Waals surface area contributed by atoms with Crippen molar-refractivity contribution in [3.05, 3.63) is 53.8 Å². The summed E-state index contributed by atoms with van der Waals surface area (Å²) in [5, 5.41) is 2.64. The van der Waals surface area contributed by atoms with Crippen LogP contribution in [0.2, 0.25) is 0 Å². The van der Waals surface area contributed by atoms with Crippen molar-refractivity contribution in [3.63, 3.8) is 0 Å². The molecular weight excluding hydrogens is 453 g/mol. The monoisotopic (exact) mass is 479 g/mol. The summed E-state index contributed by atoms with van der Waals surface area (Å²) >= 11 is 0. The molecule has 0 aromatic heterocycles. The van der Waals surface area contributed by atoms with Crippen molar-refractivity contribution in [3.8, 4) is 11.5 Å². The van der Waals surface area contributed by atoms with Gasteiger partial charge in [0.2, 0.25) is 28.6 Å². The second kappa shape index (κ2) is 10.1. The number of likely N-dealkylation sites (N-methyl/N-ethyl adjacent to an activating group) is 1. The van der Waals surface area contributed by atoms with Crippen molar-refractivity contribution in [2.75, 3.05) is 30.4 Å². The number of nitrogens with one attached hydrogen (secondary N) is 1. The quantitative estimate of drug-likeness (QED) is 0.589. The van der Waals surface area contributed by atoms with Crippen molar-refractivity contribution in [1.82, 2.24) is 10.2 Å². The van der Waals surface area contributed by atoms with Crippen LogP contribution in [-0.4, -0.2) is 57.3 Å². The van der Waals surface area contributed by atoms with Crippen LogP contribution in [0.3, 0.4) is 0 Å². The van der Waals surface area contributed by atoms with Crippen LogP contribution in [0.25, 0.3) is 0 Å². The molecule has 2 aromatic rings. The first-order chi connectivity index (χ1) is 15.6. The van der Waals surface area contributed by atoms with Gasteiger partial charge in [0, 0.05) is 24.7 Å². The second-order valence-corrected chi connectivity index (χ2v) is 9.40. The largest absolute Gasteiger partial charge is 0.454 e. The summed E-state index contributed by atoms with van der Waals surface area (Å²) < 4.78 is 50.9. The summed E-state index contributed by atoms with van der Waals surface area (Å²) in [5.41, 5.74) is 0.405. The first kappa shape index (κ1) is 24.3. The van der Waals surface area contributed by atoms with Gasteiger partial charge in [0.15, 0.2) is 11.5 Å². The molecule has 2 aromatic carbocycles. The van der Waals surface area contributed by atoms with Gasteiger partial charge in [-0.15, -0.1) is 0 Å². The number of anilines is 1. The van der Waals surface area contributed by atoms with E-state index in [2.05, 4.69) is 5.32 Å². The van der Waals surface area contributed by atoms with E-state index in [4.69, 9.17) is 9.47 Å². The molecule has 0 saturated heterocycles. The smallest absolute Gasteiger partial charge is 0.244 e. The SMILES string of the molecule is CCNC(=O)C(C)N(Cc1ccccc1F)C(=O)CN(c1ccc2c(c1)OCO2)S(C)(=O)=O. The predicted molar refractivity (Wildman–Crippen MR) is 120 cm³/mol. The lowest BCUT2D eigenvalue weighted by Gasteiger charge is -2.31. The van der Waals surface area contributed by atoms with Gasteiger partial charge in [-0.2, -0.15) is 0 Å². The normalized spacial score (nSPS) is 13.3. The molecule has 0 spiro atoms. The van der Waals surface area contributed by atoms with E-state index >= 15 is 0 Å². The van der Waals surface area contributed by atoms with E-state index in [1.807, 2.05) is 0 Å². The Hall–Kier alpha value is -3.34. The van der Waals surface area contributed by atoms with Crippen LogP contribution in [-0.2, 0) is 26.2 Å². The first-order valence-electron chi connectivity index (χ1n) is 10.3. The zero-order chi connectivity index (χ0) is 24.2. The van der Waals surface area contributed by atoms with Crippen LogP contribution in [0.15, 0.2) is 42.5 Å². The highest BCUT2D eigenvalue weighted by Gasteiger charge is 2.31. The van der Waals surface area contributed by atoms with Gasteiger partial charge >= 0.3 is 0 Å². The number of hydrogen-bond acceptors (Lipinski definition) is 6. The molecule has 0 aliphatic carbocycles. The number of hydrogen-bond donors (Lipinski definition) is 1. The van der Waals surface area contributed by atoms with Gasteiger partial charge in [0.05, 0.1) is 11.9 Å². The second-order valence-electron chi connectivity index (χ2n) is 7.49. The molecule has 11 heteroatoms. The zero-order valence-electron chi connectivity index (χ0n) is 18.6. The number of halogens is 1. The van der Waals surface area contributed by atoms with Crippen molar-refractivity contribution < 1.29 is 31.9 Å². The van der Waals surface area contributed by atoms with Crippen molar-refractivity contribution in [1.29, 1.82) is 0 Å². The minimum atomic E-state index is -3.89. The highest BCUT2D eigenvalue weighted by molar-refractivity contribution is 7.92. The molecule has 1 heterocycles. The number of rotatable bonds is 9. The Bertz CT molecular complexity index is 1140. The topological polar surface area (TPSA) is 105 Å². The fourth-order valence-electron chi connectivity index (χ4n) is 3.37. The number of carbonyl (C=O) groups is 2. The summed E-state index contributed by atoms with van der Waals surface area (Å²) in [6.45, 7) is 2.81. The molecule has 2 amide bonds. The number of carbonyl (C=O) groups excluding carboxylic acids is 2. The van der Waals surface area contributed by atoms with Crippen molar-refractivity contribution in [2.24, 2.45) is 0 Å². The van der Waals surface area contributed by atoms with E-state index in [0.717, 1.165) is 15.5 Å². The number of amides is 2. The van der Waals surface area contributed by atoms with Gasteiger partial charge in [-0.1, -0.05) is 18.2 Å². The Kier molecular flexibility index (Phi) is 7.42. The lowest BCUT2D eigenvalue weighted by atomic mass is 10.1. The molecule has 0 saturated carbocycles. The summed E-state index contributed by atoms with van der Waals surface area (Å²) in [7, 11) is -3.89. The average molecular weight is 480 g/mol. The molecule has 0 radical (unpaired) electrons. The fraction of sp³-hybridized carbons (Fsp3) is 0.364. The maximum absolute atomic E-state index is 14.3. The van der Waals surface area contributed by atoms with Crippen LogP contribution in [0.5, 0.6) is 11.5 Å². The van der Waals surface area contributed by atoms with Crippen LogP contribution in [0, 0.1) is 5.82 Å². The van der Waals surface area contributed by atoms with Crippen LogP contribution >= 0.6 is 0 Å². The van der Waals surface area contributed by atoms with Crippen LogP contribution in [0.1, 0.15) is 19.4 Å². The lowest BCUT2D eigenvalue weighted by Crippen LogP contribution is -2.51. The van der Waals surface area contributed by atoms with Crippen molar-refractivity contribution >= 4 is 27.5 Å². The maximum Gasteiger partial charge on any atom is 0.244 e. The highest BCUT2D eigenvalue weighted by Crippen LogP contribution is 2.36. The van der Waals surface area contributed by atoms with Gasteiger partial charge in [-0.25, -0.2) is 12.8 Å². The highest BCUT2D eigenvalue weighted by atomic mass is 32.2. The molecule has 0 fully saturated rings. The van der Waals surface area contributed by atoms with E-state index in [-0.39, 0.29) is 24.6 Å². The standard InChI is InChI=1S/C22H26FN3O6S/c1-4-24-22(28)15(2)25(12-16-7-5-6-8-18(16)23)21(27)13-26(33(3,29)30)17-9-10-19-20(11-17)32-14-31-19/h5-11,15H,4,12-14H2,1-3H3,(H,24,28). The summed E-state index contributed by atoms with van der Waals surface area (Å²) in [5.74, 6) is -0.817. The third kappa shape index (κ3) is 5.72. The van der Waals surface area contributed by atoms with Crippen LogP contribution < -0.4 is 19.1 Å². The average Bonchev–Trinajstić information content (AvgIpc) is 3.23. The molecule has 1 aliphatic heterocycles. The van der Waals surface area contributed by atoms with E-state index in [1.54, 1.807) is 19.1 Å². The molecule has 9 nitrogen and oxygen atoms in total. The molecule has 1 unspecified atom stereocenters. The van der Waals surface area contributed by atoms with Gasteiger partial charge in [0.1, 0.15) is 18.4 Å². The Morgan fingerprint density at radius 3 is 2.52 bits per heavy atom. The third-order valence-electron chi connectivity index (χ3n) is 5.14. The first-order valence-corrected chi connectivity index (χ1v) is 12.1. The molecule has 1 N–H and O–H groups in total. The summed E-state index contributed by atoms with van der Waals surface area (Å²) in [6, 6.07) is 9.44. The Morgan fingerprint density at radius 1 is 1.15 bits per heavy atom. The minimum absolute atomic E-state index is 0.0110. The predicted octanol–water partition coefficient (Wildman–Crippen LogP) is 1.87. The summed E-state index contributed by atoms with van der Waals surface area (Å²) in [4.78, 5) is 27.0. The number of nitrogens with zero attached hydrogens (tertiary/aromatic N) is 2. The van der Waals surface area contributed by atoms with Crippen molar-refractivity contribution in [2.45, 2.75) is 26.4 Å². The number of fused-ring (bicyclic) bond motifs is 1.